The number of pyridine rings is 1. The van der Waals surface area contributed by atoms with Crippen LogP contribution in [0.4, 0.5) is 11.6 Å². The fourth-order valence-corrected chi connectivity index (χ4v) is 3.85. The molecule has 0 atom stereocenters. The largest absolute Gasteiger partial charge is 0.495 e. The van der Waals surface area contributed by atoms with Crippen molar-refractivity contribution >= 4 is 22.5 Å². The van der Waals surface area contributed by atoms with E-state index >= 15 is 0 Å². The fraction of sp³-hybridized carbons (Fsp3) is 0.208. The molecule has 0 aliphatic carbocycles. The maximum atomic E-state index is 5.61. The Hall–Kier alpha value is -3.71. The number of aromatic nitrogens is 3. The quantitative estimate of drug-likeness (QED) is 0.510. The number of hydrogen-bond donors (Lipinski definition) is 2. The van der Waals surface area contributed by atoms with Crippen LogP contribution in [0.3, 0.4) is 0 Å². The molecule has 0 amide bonds. The third-order valence-electron chi connectivity index (χ3n) is 5.52. The van der Waals surface area contributed by atoms with E-state index in [1.807, 2.05) is 36.7 Å². The molecule has 7 heteroatoms. The number of nitrogens with one attached hydrogen (secondary N) is 2. The van der Waals surface area contributed by atoms with Crippen LogP contribution >= 0.6 is 0 Å². The molecule has 0 radical (unpaired) electrons. The minimum Gasteiger partial charge on any atom is -0.495 e. The molecule has 31 heavy (non-hydrogen) atoms. The number of ether oxygens (including phenoxy) is 2. The zero-order chi connectivity index (χ0) is 21.2. The van der Waals surface area contributed by atoms with E-state index < -0.39 is 0 Å². The first kappa shape index (κ1) is 19.3. The van der Waals surface area contributed by atoms with Crippen LogP contribution in [-0.4, -0.2) is 35.7 Å². The van der Waals surface area contributed by atoms with Gasteiger partial charge in [-0.25, -0.2) is 9.97 Å². The molecule has 2 N–H and O–H groups in total. The summed E-state index contributed by atoms with van der Waals surface area (Å²) in [5.41, 5.74) is 6.27. The highest BCUT2D eigenvalue weighted by Gasteiger charge is 2.15. The van der Waals surface area contributed by atoms with Gasteiger partial charge in [0, 0.05) is 29.9 Å². The van der Waals surface area contributed by atoms with Crippen LogP contribution in [0.15, 0.2) is 55.0 Å². The summed E-state index contributed by atoms with van der Waals surface area (Å²) < 4.78 is 10.9. The lowest BCUT2D eigenvalue weighted by Gasteiger charge is -2.20. The smallest absolute Gasteiger partial charge is 0.227 e. The second kappa shape index (κ2) is 8.20. The first-order valence-electron chi connectivity index (χ1n) is 10.2. The van der Waals surface area contributed by atoms with Crippen LogP contribution < -0.4 is 20.1 Å². The Morgan fingerprint density at radius 3 is 2.74 bits per heavy atom. The molecule has 7 nitrogen and oxygen atoms in total. The Bertz CT molecular complexity index is 1260. The van der Waals surface area contributed by atoms with Crippen LogP contribution in [-0.2, 0) is 13.0 Å². The molecule has 1 aliphatic heterocycles. The predicted octanol–water partition coefficient (Wildman–Crippen LogP) is 4.10. The summed E-state index contributed by atoms with van der Waals surface area (Å²) in [4.78, 5) is 13.5. The second-order valence-electron chi connectivity index (χ2n) is 7.45. The van der Waals surface area contributed by atoms with Gasteiger partial charge < -0.3 is 20.1 Å². The highest BCUT2D eigenvalue weighted by molar-refractivity contribution is 5.84. The average Bonchev–Trinajstić information content (AvgIpc) is 2.83. The first-order valence-corrected chi connectivity index (χ1v) is 10.2. The maximum absolute atomic E-state index is 5.61. The number of anilines is 2. The molecule has 0 saturated heterocycles. The van der Waals surface area contributed by atoms with Crippen LogP contribution in [0.5, 0.6) is 11.5 Å². The Labute approximate surface area is 180 Å². The van der Waals surface area contributed by atoms with Crippen molar-refractivity contribution in [3.05, 3.63) is 66.1 Å². The van der Waals surface area contributed by atoms with E-state index in [1.54, 1.807) is 20.4 Å². The second-order valence-corrected chi connectivity index (χ2v) is 7.45. The molecular weight excluding hydrogens is 390 g/mol. The van der Waals surface area contributed by atoms with Crippen molar-refractivity contribution in [1.29, 1.82) is 0 Å². The zero-order valence-electron chi connectivity index (χ0n) is 17.5. The van der Waals surface area contributed by atoms with Crippen LogP contribution in [0.2, 0.25) is 0 Å². The number of fused-ring (bicyclic) bond motifs is 2. The highest BCUT2D eigenvalue weighted by Crippen LogP contribution is 2.32. The lowest BCUT2D eigenvalue weighted by atomic mass is 10.00. The van der Waals surface area contributed by atoms with E-state index in [0.717, 1.165) is 58.7 Å². The van der Waals surface area contributed by atoms with Crippen LogP contribution in [0, 0.1) is 0 Å². The Morgan fingerprint density at radius 2 is 1.87 bits per heavy atom. The van der Waals surface area contributed by atoms with Crippen molar-refractivity contribution in [3.8, 4) is 22.6 Å². The maximum Gasteiger partial charge on any atom is 0.227 e. The Balaban J connectivity index is 1.49. The van der Waals surface area contributed by atoms with Crippen molar-refractivity contribution in [3.63, 3.8) is 0 Å². The fourth-order valence-electron chi connectivity index (χ4n) is 3.85. The Kier molecular flexibility index (Phi) is 5.09. The minimum absolute atomic E-state index is 0.524. The van der Waals surface area contributed by atoms with Gasteiger partial charge in [-0.05, 0) is 53.9 Å². The minimum atomic E-state index is 0.524. The molecule has 0 unspecified atom stereocenters. The summed E-state index contributed by atoms with van der Waals surface area (Å²) in [5, 5.41) is 7.71. The standard InChI is InChI=1S/C24H23N5O2/c1-30-20-7-18(12-26-14-20)15-3-4-17-13-27-24(28-21(17)8-15)29-22-9-19-11-25-6-5-16(19)10-23(22)31-2/h3-4,7-10,12-14,25H,5-6,11H2,1-2H3,(H,27,28,29). The van der Waals surface area contributed by atoms with Crippen molar-refractivity contribution in [2.24, 2.45) is 0 Å². The first-order chi connectivity index (χ1) is 15.2. The topological polar surface area (TPSA) is 81.2 Å². The molecule has 5 rings (SSSR count). The van der Waals surface area contributed by atoms with E-state index in [2.05, 4.69) is 32.7 Å². The molecule has 2 aromatic heterocycles. The number of nitrogens with zero attached hydrogens (tertiary/aromatic N) is 3. The average molecular weight is 413 g/mol. The molecule has 0 bridgehead atoms. The molecule has 4 aromatic rings. The third kappa shape index (κ3) is 3.87. The van der Waals surface area contributed by atoms with Crippen LogP contribution in [0.1, 0.15) is 11.1 Å². The number of methoxy groups -OCH3 is 2. The van der Waals surface area contributed by atoms with Crippen molar-refractivity contribution in [2.75, 3.05) is 26.1 Å². The van der Waals surface area contributed by atoms with Gasteiger partial charge in [0.15, 0.2) is 0 Å². The number of rotatable bonds is 5. The van der Waals surface area contributed by atoms with Gasteiger partial charge in [0.05, 0.1) is 31.6 Å². The number of hydrogen-bond acceptors (Lipinski definition) is 7. The van der Waals surface area contributed by atoms with Gasteiger partial charge in [0.25, 0.3) is 0 Å². The summed E-state index contributed by atoms with van der Waals surface area (Å²) in [5.74, 6) is 2.03. The molecule has 2 aromatic carbocycles. The molecule has 0 fully saturated rings. The number of benzene rings is 2. The van der Waals surface area contributed by atoms with E-state index in [4.69, 9.17) is 14.5 Å². The summed E-state index contributed by atoms with van der Waals surface area (Å²) in [6, 6.07) is 12.3. The van der Waals surface area contributed by atoms with Gasteiger partial charge in [-0.1, -0.05) is 12.1 Å². The molecule has 0 saturated carbocycles. The highest BCUT2D eigenvalue weighted by atomic mass is 16.5. The van der Waals surface area contributed by atoms with E-state index in [9.17, 15) is 0 Å². The monoisotopic (exact) mass is 413 g/mol. The van der Waals surface area contributed by atoms with Crippen molar-refractivity contribution in [2.45, 2.75) is 13.0 Å². The van der Waals surface area contributed by atoms with Gasteiger partial charge in [-0.3, -0.25) is 4.98 Å². The zero-order valence-corrected chi connectivity index (χ0v) is 17.5. The van der Waals surface area contributed by atoms with Crippen LogP contribution in [0.25, 0.3) is 22.0 Å². The van der Waals surface area contributed by atoms with Gasteiger partial charge >= 0.3 is 0 Å². The van der Waals surface area contributed by atoms with E-state index in [0.29, 0.717) is 5.95 Å². The SMILES string of the molecule is COc1cncc(-c2ccc3cnc(Nc4cc5c(cc4OC)CCNC5)nc3c2)c1. The lowest BCUT2D eigenvalue weighted by molar-refractivity contribution is 0.413. The van der Waals surface area contributed by atoms with Crippen molar-refractivity contribution in [1.82, 2.24) is 20.3 Å². The van der Waals surface area contributed by atoms with Gasteiger partial charge in [-0.15, -0.1) is 0 Å². The molecule has 0 spiro atoms. The molecule has 1 aliphatic rings. The van der Waals surface area contributed by atoms with E-state index in [-0.39, 0.29) is 0 Å². The third-order valence-corrected chi connectivity index (χ3v) is 5.52. The molecule has 156 valence electrons. The van der Waals surface area contributed by atoms with Gasteiger partial charge in [0.1, 0.15) is 11.5 Å². The Morgan fingerprint density at radius 1 is 0.935 bits per heavy atom. The lowest BCUT2D eigenvalue weighted by Crippen LogP contribution is -2.23. The summed E-state index contributed by atoms with van der Waals surface area (Å²) in [6.07, 6.45) is 6.33. The summed E-state index contributed by atoms with van der Waals surface area (Å²) in [6.45, 7) is 1.84. The van der Waals surface area contributed by atoms with Gasteiger partial charge in [-0.2, -0.15) is 0 Å². The molecule has 3 heterocycles. The normalized spacial score (nSPS) is 13.0. The summed E-state index contributed by atoms with van der Waals surface area (Å²) >= 11 is 0. The van der Waals surface area contributed by atoms with Crippen molar-refractivity contribution < 1.29 is 9.47 Å². The summed E-state index contributed by atoms with van der Waals surface area (Å²) in [7, 11) is 3.32. The van der Waals surface area contributed by atoms with Gasteiger partial charge in [0.2, 0.25) is 5.95 Å². The molecular formula is C24H23N5O2. The predicted molar refractivity (Wildman–Crippen MR) is 121 cm³/mol. The van der Waals surface area contributed by atoms with E-state index in [1.165, 1.54) is 11.1 Å².